The van der Waals surface area contributed by atoms with E-state index < -0.39 is 11.7 Å². The van der Waals surface area contributed by atoms with Crippen molar-refractivity contribution in [2.45, 2.75) is 25.4 Å². The molecule has 0 unspecified atom stereocenters. The largest absolute Gasteiger partial charge is 0.416 e. The number of aromatic nitrogens is 4. The summed E-state index contributed by atoms with van der Waals surface area (Å²) in [5.41, 5.74) is 1.40. The number of rotatable bonds is 3. The second kappa shape index (κ2) is 7.31. The van der Waals surface area contributed by atoms with E-state index in [2.05, 4.69) is 15.2 Å². The van der Waals surface area contributed by atoms with Crippen molar-refractivity contribution in [2.75, 3.05) is 0 Å². The van der Waals surface area contributed by atoms with Gasteiger partial charge in [0, 0.05) is 5.56 Å². The van der Waals surface area contributed by atoms with Crippen LogP contribution in [-0.2, 0) is 24.1 Å². The Labute approximate surface area is 173 Å². The Kier molecular flexibility index (Phi) is 4.58. The summed E-state index contributed by atoms with van der Waals surface area (Å²) in [5.74, 6) is -0.199. The van der Waals surface area contributed by atoms with E-state index in [0.29, 0.717) is 12.2 Å². The molecule has 10 heteroatoms. The molecule has 1 aliphatic heterocycles. The van der Waals surface area contributed by atoms with Crippen LogP contribution in [0.4, 0.5) is 17.6 Å². The van der Waals surface area contributed by atoms with Gasteiger partial charge in [-0.1, -0.05) is 29.4 Å². The molecule has 2 aromatic carbocycles. The first-order valence-electron chi connectivity index (χ1n) is 9.32. The maximum absolute atomic E-state index is 13.2. The Morgan fingerprint density at radius 3 is 2.61 bits per heavy atom. The highest BCUT2D eigenvalue weighted by molar-refractivity contribution is 5.59. The summed E-state index contributed by atoms with van der Waals surface area (Å²) in [4.78, 5) is 4.20. The molecule has 0 aliphatic carbocycles. The number of fused-ring (bicyclic) bond motifs is 1. The fourth-order valence-corrected chi connectivity index (χ4v) is 3.39. The van der Waals surface area contributed by atoms with Crippen molar-refractivity contribution in [3.05, 3.63) is 77.2 Å². The molecule has 0 saturated heterocycles. The zero-order valence-corrected chi connectivity index (χ0v) is 15.8. The standard InChI is InChI=1S/C21H14F4N4O2/c22-15-6-4-12(5-7-15)18-10-29-16(11-30-18)9-17(27-29)20-26-19(28-31-20)13-2-1-3-14(8-13)21(23,24)25/h1-9,18H,10-11H2/t18-/m0/s1. The third kappa shape index (κ3) is 3.81. The average molecular weight is 430 g/mol. The van der Waals surface area contributed by atoms with Gasteiger partial charge in [-0.25, -0.2) is 4.39 Å². The van der Waals surface area contributed by atoms with Crippen LogP contribution in [0, 0.1) is 5.82 Å². The van der Waals surface area contributed by atoms with E-state index in [-0.39, 0.29) is 35.8 Å². The SMILES string of the molecule is Fc1ccc([C@@H]2Cn3nc(-c4nc(-c5cccc(C(F)(F)F)c5)no4)cc3CO2)cc1. The number of halogens is 4. The zero-order valence-electron chi connectivity index (χ0n) is 15.8. The molecule has 0 N–H and O–H groups in total. The Hall–Kier alpha value is -3.53. The quantitative estimate of drug-likeness (QED) is 0.427. The summed E-state index contributed by atoms with van der Waals surface area (Å²) in [5, 5.41) is 8.26. The monoisotopic (exact) mass is 430 g/mol. The number of benzene rings is 2. The highest BCUT2D eigenvalue weighted by Crippen LogP contribution is 2.33. The summed E-state index contributed by atoms with van der Waals surface area (Å²) >= 11 is 0. The zero-order chi connectivity index (χ0) is 21.6. The van der Waals surface area contributed by atoms with Gasteiger partial charge in [0.25, 0.3) is 5.89 Å². The molecule has 0 fully saturated rings. The molecule has 1 aliphatic rings. The van der Waals surface area contributed by atoms with Gasteiger partial charge < -0.3 is 9.26 Å². The van der Waals surface area contributed by atoms with Gasteiger partial charge >= 0.3 is 6.18 Å². The smallest absolute Gasteiger partial charge is 0.365 e. The molecule has 0 amide bonds. The predicted molar refractivity (Wildman–Crippen MR) is 99.9 cm³/mol. The van der Waals surface area contributed by atoms with Crippen LogP contribution >= 0.6 is 0 Å². The van der Waals surface area contributed by atoms with Crippen LogP contribution in [0.2, 0.25) is 0 Å². The topological polar surface area (TPSA) is 66.0 Å². The molecule has 31 heavy (non-hydrogen) atoms. The molecule has 158 valence electrons. The Bertz CT molecular complexity index is 1230. The molecule has 5 rings (SSSR count). The van der Waals surface area contributed by atoms with Gasteiger partial charge in [0.1, 0.15) is 11.9 Å². The minimum Gasteiger partial charge on any atom is -0.365 e. The van der Waals surface area contributed by atoms with Crippen molar-refractivity contribution < 1.29 is 26.8 Å². The van der Waals surface area contributed by atoms with Crippen LogP contribution in [0.3, 0.4) is 0 Å². The lowest BCUT2D eigenvalue weighted by Crippen LogP contribution is -2.21. The van der Waals surface area contributed by atoms with E-state index >= 15 is 0 Å². The lowest BCUT2D eigenvalue weighted by molar-refractivity contribution is -0.137. The van der Waals surface area contributed by atoms with Crippen molar-refractivity contribution in [1.29, 1.82) is 0 Å². The second-order valence-electron chi connectivity index (χ2n) is 7.06. The van der Waals surface area contributed by atoms with Gasteiger partial charge in [-0.15, -0.1) is 0 Å². The summed E-state index contributed by atoms with van der Waals surface area (Å²) in [7, 11) is 0. The van der Waals surface area contributed by atoms with E-state index in [4.69, 9.17) is 9.26 Å². The molecule has 1 atom stereocenters. The minimum atomic E-state index is -4.47. The summed E-state index contributed by atoms with van der Waals surface area (Å²) in [6.07, 6.45) is -4.75. The third-order valence-corrected chi connectivity index (χ3v) is 4.97. The highest BCUT2D eigenvalue weighted by Gasteiger charge is 2.31. The molecular formula is C21H14F4N4O2. The average Bonchev–Trinajstić information content (AvgIpc) is 3.40. The predicted octanol–water partition coefficient (Wildman–Crippen LogP) is 5.03. The molecule has 3 heterocycles. The molecule has 0 radical (unpaired) electrons. The van der Waals surface area contributed by atoms with Gasteiger partial charge in [-0.05, 0) is 35.9 Å². The first kappa shape index (κ1) is 19.4. The van der Waals surface area contributed by atoms with Crippen LogP contribution in [0.15, 0.2) is 59.1 Å². The van der Waals surface area contributed by atoms with Crippen molar-refractivity contribution in [3.8, 4) is 23.0 Å². The Morgan fingerprint density at radius 2 is 1.84 bits per heavy atom. The van der Waals surface area contributed by atoms with Crippen LogP contribution in [0.1, 0.15) is 22.9 Å². The molecule has 0 bridgehead atoms. The maximum Gasteiger partial charge on any atom is 0.416 e. The summed E-state index contributed by atoms with van der Waals surface area (Å²) in [6.45, 7) is 0.694. The second-order valence-corrected chi connectivity index (χ2v) is 7.06. The van der Waals surface area contributed by atoms with Gasteiger partial charge in [0.2, 0.25) is 5.82 Å². The molecular weight excluding hydrogens is 416 g/mol. The van der Waals surface area contributed by atoms with Crippen molar-refractivity contribution in [2.24, 2.45) is 0 Å². The van der Waals surface area contributed by atoms with E-state index in [1.165, 1.54) is 24.3 Å². The first-order chi connectivity index (χ1) is 14.9. The van der Waals surface area contributed by atoms with Gasteiger partial charge in [-0.2, -0.15) is 23.3 Å². The van der Waals surface area contributed by atoms with Crippen molar-refractivity contribution in [1.82, 2.24) is 19.9 Å². The van der Waals surface area contributed by atoms with Gasteiger partial charge in [-0.3, -0.25) is 4.68 Å². The lowest BCUT2D eigenvalue weighted by atomic mass is 10.1. The molecule has 0 saturated carbocycles. The Morgan fingerprint density at radius 1 is 1.03 bits per heavy atom. The summed E-state index contributed by atoms with van der Waals surface area (Å²) in [6, 6.07) is 12.5. The van der Waals surface area contributed by atoms with E-state index in [0.717, 1.165) is 23.4 Å². The summed E-state index contributed by atoms with van der Waals surface area (Å²) < 4.78 is 64.8. The van der Waals surface area contributed by atoms with Crippen LogP contribution in [-0.4, -0.2) is 19.9 Å². The number of ether oxygens (including phenoxy) is 1. The van der Waals surface area contributed by atoms with Crippen molar-refractivity contribution in [3.63, 3.8) is 0 Å². The van der Waals surface area contributed by atoms with Crippen LogP contribution in [0.5, 0.6) is 0 Å². The molecule has 2 aromatic heterocycles. The van der Waals surface area contributed by atoms with Crippen LogP contribution < -0.4 is 0 Å². The van der Waals surface area contributed by atoms with E-state index in [9.17, 15) is 17.6 Å². The van der Waals surface area contributed by atoms with E-state index in [1.54, 1.807) is 22.9 Å². The normalized spacial score (nSPS) is 16.3. The molecule has 0 spiro atoms. The van der Waals surface area contributed by atoms with E-state index in [1.807, 2.05) is 0 Å². The molecule has 4 aromatic rings. The highest BCUT2D eigenvalue weighted by atomic mass is 19.4. The molecule has 6 nitrogen and oxygen atoms in total. The van der Waals surface area contributed by atoms with Crippen molar-refractivity contribution >= 4 is 0 Å². The number of alkyl halides is 3. The Balaban J connectivity index is 1.39. The fourth-order valence-electron chi connectivity index (χ4n) is 3.39. The maximum atomic E-state index is 13.2. The lowest BCUT2D eigenvalue weighted by Gasteiger charge is -2.24. The number of nitrogens with zero attached hydrogens (tertiary/aromatic N) is 4. The third-order valence-electron chi connectivity index (χ3n) is 4.97. The number of hydrogen-bond donors (Lipinski definition) is 0. The van der Waals surface area contributed by atoms with Crippen LogP contribution in [0.25, 0.3) is 23.0 Å². The first-order valence-corrected chi connectivity index (χ1v) is 9.32. The van der Waals surface area contributed by atoms with Gasteiger partial charge in [0.05, 0.1) is 24.4 Å². The minimum absolute atomic E-state index is 0.0347. The number of hydrogen-bond acceptors (Lipinski definition) is 5. The van der Waals surface area contributed by atoms with Gasteiger partial charge in [0.15, 0.2) is 5.69 Å². The fraction of sp³-hybridized carbons (Fsp3) is 0.190.